The van der Waals surface area contributed by atoms with Crippen LogP contribution in [-0.2, 0) is 16.1 Å². The molecule has 4 aromatic rings. The number of rotatable bonds is 9. The van der Waals surface area contributed by atoms with Crippen molar-refractivity contribution in [2.24, 2.45) is 0 Å². The normalized spacial score (nSPS) is 15.0. The highest BCUT2D eigenvalue weighted by Gasteiger charge is 2.20. The van der Waals surface area contributed by atoms with Gasteiger partial charge >= 0.3 is 0 Å². The number of amides is 1. The van der Waals surface area contributed by atoms with Crippen LogP contribution < -0.4 is 5.32 Å². The van der Waals surface area contributed by atoms with Gasteiger partial charge in [0.05, 0.1) is 22.9 Å². The minimum absolute atomic E-state index is 0.00843. The Morgan fingerprint density at radius 2 is 1.86 bits per heavy atom. The maximum atomic E-state index is 11.8. The molecule has 7 nitrogen and oxygen atoms in total. The van der Waals surface area contributed by atoms with Crippen molar-refractivity contribution in [2.75, 3.05) is 45.2 Å². The number of carbonyl (C=O) groups is 1. The molecule has 0 spiro atoms. The van der Waals surface area contributed by atoms with Crippen molar-refractivity contribution in [1.29, 1.82) is 0 Å². The molecule has 8 heteroatoms. The molecule has 1 amide bonds. The maximum absolute atomic E-state index is 11.8. The number of thiophene rings is 1. The zero-order valence-electron chi connectivity index (χ0n) is 21.0. The van der Waals surface area contributed by atoms with Crippen molar-refractivity contribution in [1.82, 2.24) is 19.8 Å². The molecule has 1 atom stereocenters. The molecule has 3 heterocycles. The standard InChI is InChI=1S/C29H31N5O2S/c1-3-27(35)34-15-13-33(14-16-34)18-21-9-11-23(12-10-21)26-17-24-28(37-26)29(31-20-30-24)32-25(19-36-2)22-7-5-4-6-8-22/h3-12,17,20,25H,1,13-16,18-19H2,2H3,(H,30,31,32)/t25-/m1/s1. The summed E-state index contributed by atoms with van der Waals surface area (Å²) in [5.41, 5.74) is 4.51. The van der Waals surface area contributed by atoms with Gasteiger partial charge in [-0.3, -0.25) is 9.69 Å². The predicted octanol–water partition coefficient (Wildman–Crippen LogP) is 4.99. The summed E-state index contributed by atoms with van der Waals surface area (Å²) >= 11 is 1.69. The number of ether oxygens (including phenoxy) is 1. The van der Waals surface area contributed by atoms with Crippen LogP contribution in [0.2, 0.25) is 0 Å². The second-order valence-electron chi connectivity index (χ2n) is 9.11. The summed E-state index contributed by atoms with van der Waals surface area (Å²) in [5.74, 6) is 0.836. The van der Waals surface area contributed by atoms with Gasteiger partial charge in [0.1, 0.15) is 12.1 Å². The van der Waals surface area contributed by atoms with Gasteiger partial charge in [-0.1, -0.05) is 61.2 Å². The number of hydrogen-bond acceptors (Lipinski definition) is 7. The SMILES string of the molecule is C=CC(=O)N1CCN(Cc2ccc(-c3cc4ncnc(N[C@H](COC)c5ccccc5)c4s3)cc2)CC1. The van der Waals surface area contributed by atoms with Crippen molar-refractivity contribution in [3.63, 3.8) is 0 Å². The molecular weight excluding hydrogens is 482 g/mol. The summed E-state index contributed by atoms with van der Waals surface area (Å²) in [6.45, 7) is 8.24. The Labute approximate surface area is 221 Å². The molecule has 0 bridgehead atoms. The molecule has 1 N–H and O–H groups in total. The van der Waals surface area contributed by atoms with Gasteiger partial charge in [0.15, 0.2) is 0 Å². The lowest BCUT2D eigenvalue weighted by molar-refractivity contribution is -0.127. The number of methoxy groups -OCH3 is 1. The number of nitrogens with one attached hydrogen (secondary N) is 1. The van der Waals surface area contributed by atoms with Crippen molar-refractivity contribution in [3.05, 3.63) is 90.8 Å². The Morgan fingerprint density at radius 3 is 2.57 bits per heavy atom. The molecular formula is C29H31N5O2S. The van der Waals surface area contributed by atoms with Crippen LogP contribution in [0.3, 0.4) is 0 Å². The first-order valence-electron chi connectivity index (χ1n) is 12.4. The molecule has 37 heavy (non-hydrogen) atoms. The topological polar surface area (TPSA) is 70.6 Å². The molecule has 5 rings (SSSR count). The van der Waals surface area contributed by atoms with E-state index in [4.69, 9.17) is 4.74 Å². The van der Waals surface area contributed by atoms with E-state index in [1.165, 1.54) is 11.6 Å². The average Bonchev–Trinajstić information content (AvgIpc) is 3.39. The van der Waals surface area contributed by atoms with Gasteiger partial charge in [-0.05, 0) is 28.8 Å². The highest BCUT2D eigenvalue weighted by Crippen LogP contribution is 2.36. The van der Waals surface area contributed by atoms with E-state index >= 15 is 0 Å². The zero-order valence-corrected chi connectivity index (χ0v) is 21.8. The molecule has 1 aliphatic rings. The Hall–Kier alpha value is -3.59. The van der Waals surface area contributed by atoms with E-state index in [9.17, 15) is 4.79 Å². The molecule has 0 radical (unpaired) electrons. The number of piperazine rings is 1. The molecule has 2 aromatic heterocycles. The van der Waals surface area contributed by atoms with Crippen LogP contribution in [0.1, 0.15) is 17.2 Å². The Morgan fingerprint density at radius 1 is 1.11 bits per heavy atom. The van der Waals surface area contributed by atoms with Gasteiger partial charge in [0.25, 0.3) is 0 Å². The second kappa shape index (κ2) is 11.6. The Kier molecular flexibility index (Phi) is 7.89. The molecule has 1 aliphatic heterocycles. The van der Waals surface area contributed by atoms with Crippen LogP contribution in [0.5, 0.6) is 0 Å². The van der Waals surface area contributed by atoms with E-state index in [0.29, 0.717) is 6.61 Å². The summed E-state index contributed by atoms with van der Waals surface area (Å²) in [5, 5.41) is 3.57. The first-order chi connectivity index (χ1) is 18.1. The first kappa shape index (κ1) is 25.1. The van der Waals surface area contributed by atoms with Gasteiger partial charge in [0, 0.05) is 44.7 Å². The average molecular weight is 514 g/mol. The smallest absolute Gasteiger partial charge is 0.246 e. The fourth-order valence-corrected chi connectivity index (χ4v) is 5.69. The monoisotopic (exact) mass is 513 g/mol. The number of anilines is 1. The summed E-state index contributed by atoms with van der Waals surface area (Å²) < 4.78 is 6.51. The van der Waals surface area contributed by atoms with Crippen molar-refractivity contribution in [2.45, 2.75) is 12.6 Å². The second-order valence-corrected chi connectivity index (χ2v) is 10.2. The van der Waals surface area contributed by atoms with Crippen LogP contribution in [-0.4, -0.2) is 65.6 Å². The lowest BCUT2D eigenvalue weighted by atomic mass is 10.1. The highest BCUT2D eigenvalue weighted by atomic mass is 32.1. The first-order valence-corrected chi connectivity index (χ1v) is 13.2. The lowest BCUT2D eigenvalue weighted by Gasteiger charge is -2.34. The third-order valence-corrected chi connectivity index (χ3v) is 7.84. The lowest BCUT2D eigenvalue weighted by Crippen LogP contribution is -2.47. The molecule has 1 saturated heterocycles. The summed E-state index contributed by atoms with van der Waals surface area (Å²) in [7, 11) is 1.71. The fraction of sp³-hybridized carbons (Fsp3) is 0.276. The van der Waals surface area contributed by atoms with E-state index in [2.05, 4.69) is 69.2 Å². The minimum atomic E-state index is -0.00843. The van der Waals surface area contributed by atoms with E-state index in [-0.39, 0.29) is 11.9 Å². The quantitative estimate of drug-likeness (QED) is 0.318. The van der Waals surface area contributed by atoms with Crippen molar-refractivity contribution >= 4 is 33.3 Å². The van der Waals surface area contributed by atoms with Crippen LogP contribution in [0, 0.1) is 0 Å². The predicted molar refractivity (Wildman–Crippen MR) is 150 cm³/mol. The summed E-state index contributed by atoms with van der Waals surface area (Å²) in [4.78, 5) is 26.3. The maximum Gasteiger partial charge on any atom is 0.246 e. The van der Waals surface area contributed by atoms with Gasteiger partial charge in [0.2, 0.25) is 5.91 Å². The third-order valence-electron chi connectivity index (χ3n) is 6.66. The molecule has 0 aliphatic carbocycles. The van der Waals surface area contributed by atoms with Crippen molar-refractivity contribution in [3.8, 4) is 10.4 Å². The van der Waals surface area contributed by atoms with Gasteiger partial charge in [-0.2, -0.15) is 0 Å². The van der Waals surface area contributed by atoms with Crippen LogP contribution >= 0.6 is 11.3 Å². The minimum Gasteiger partial charge on any atom is -0.382 e. The van der Waals surface area contributed by atoms with Crippen LogP contribution in [0.15, 0.2) is 79.6 Å². The molecule has 1 fully saturated rings. The molecule has 190 valence electrons. The van der Waals surface area contributed by atoms with E-state index in [1.54, 1.807) is 24.8 Å². The number of hydrogen-bond donors (Lipinski definition) is 1. The number of benzene rings is 2. The number of carbonyl (C=O) groups excluding carboxylic acids is 1. The number of fused-ring (bicyclic) bond motifs is 1. The van der Waals surface area contributed by atoms with E-state index in [0.717, 1.165) is 64.8 Å². The summed E-state index contributed by atoms with van der Waals surface area (Å²) in [6.07, 6.45) is 3.01. The summed E-state index contributed by atoms with van der Waals surface area (Å²) in [6, 6.07) is 21.1. The van der Waals surface area contributed by atoms with Crippen LogP contribution in [0.25, 0.3) is 20.7 Å². The van der Waals surface area contributed by atoms with Gasteiger partial charge in [-0.25, -0.2) is 9.97 Å². The molecule has 0 saturated carbocycles. The molecule has 0 unspecified atom stereocenters. The number of aromatic nitrogens is 2. The highest BCUT2D eigenvalue weighted by molar-refractivity contribution is 7.22. The molecule has 2 aromatic carbocycles. The van der Waals surface area contributed by atoms with E-state index < -0.39 is 0 Å². The third kappa shape index (κ3) is 5.88. The van der Waals surface area contributed by atoms with E-state index in [1.807, 2.05) is 23.1 Å². The van der Waals surface area contributed by atoms with Gasteiger partial charge < -0.3 is 15.0 Å². The van der Waals surface area contributed by atoms with Gasteiger partial charge in [-0.15, -0.1) is 11.3 Å². The fourth-order valence-electron chi connectivity index (χ4n) is 4.63. The zero-order chi connectivity index (χ0) is 25.6. The number of nitrogens with zero attached hydrogens (tertiary/aromatic N) is 4. The Bertz CT molecular complexity index is 1350. The van der Waals surface area contributed by atoms with Crippen molar-refractivity contribution < 1.29 is 9.53 Å². The van der Waals surface area contributed by atoms with Crippen LogP contribution in [0.4, 0.5) is 5.82 Å². The Balaban J connectivity index is 1.29. The largest absolute Gasteiger partial charge is 0.382 e.